The van der Waals surface area contributed by atoms with Crippen LogP contribution in [0.5, 0.6) is 0 Å². The van der Waals surface area contributed by atoms with E-state index in [9.17, 15) is 9.59 Å². The summed E-state index contributed by atoms with van der Waals surface area (Å²) in [4.78, 5) is 27.5. The van der Waals surface area contributed by atoms with Gasteiger partial charge in [0.05, 0.1) is 27.8 Å². The molecular formula is C26H27Cl2N3O2. The van der Waals surface area contributed by atoms with Gasteiger partial charge in [-0.2, -0.15) is 0 Å². The lowest BCUT2D eigenvalue weighted by molar-refractivity contribution is -0.122. The number of hydrogen-bond acceptors (Lipinski definition) is 2. The minimum atomic E-state index is -0.362. The van der Waals surface area contributed by atoms with Crippen molar-refractivity contribution in [2.24, 2.45) is 0 Å². The minimum Gasteiger partial charge on any atom is -0.350 e. The third-order valence-electron chi connectivity index (χ3n) is 5.46. The molecule has 2 N–H and O–H groups in total. The number of rotatable bonds is 8. The summed E-state index contributed by atoms with van der Waals surface area (Å²) in [6.45, 7) is 4.10. The van der Waals surface area contributed by atoms with E-state index in [1.165, 1.54) is 0 Å². The van der Waals surface area contributed by atoms with Crippen molar-refractivity contribution in [1.82, 2.24) is 10.2 Å². The first-order chi connectivity index (χ1) is 15.9. The number of carbonyl (C=O) groups excluding carboxylic acids is 2. The maximum absolute atomic E-state index is 13.2. The summed E-state index contributed by atoms with van der Waals surface area (Å²) in [6.07, 6.45) is 0.158. The van der Waals surface area contributed by atoms with E-state index in [4.69, 9.17) is 23.2 Å². The van der Waals surface area contributed by atoms with Crippen LogP contribution >= 0.6 is 23.2 Å². The molecule has 33 heavy (non-hydrogen) atoms. The fourth-order valence-electron chi connectivity index (χ4n) is 3.53. The highest BCUT2D eigenvalue weighted by molar-refractivity contribution is 6.43. The van der Waals surface area contributed by atoms with Gasteiger partial charge < -0.3 is 15.5 Å². The summed E-state index contributed by atoms with van der Waals surface area (Å²) in [5.74, 6) is -0.134. The quantitative estimate of drug-likeness (QED) is 0.367. The molecule has 0 saturated carbocycles. The number of halogens is 2. The van der Waals surface area contributed by atoms with Gasteiger partial charge in [-0.15, -0.1) is 0 Å². The molecule has 0 saturated heterocycles. The maximum atomic E-state index is 13.2. The molecule has 3 amide bonds. The van der Waals surface area contributed by atoms with Crippen molar-refractivity contribution in [2.75, 3.05) is 11.9 Å². The lowest BCUT2D eigenvalue weighted by atomic mass is 10.1. The monoisotopic (exact) mass is 483 g/mol. The molecule has 0 aliphatic rings. The second-order valence-corrected chi connectivity index (χ2v) is 8.55. The Bertz CT molecular complexity index is 1080. The van der Waals surface area contributed by atoms with Crippen LogP contribution in [0, 0.1) is 0 Å². The van der Waals surface area contributed by atoms with Crippen LogP contribution < -0.4 is 10.6 Å². The standard InChI is InChI=1S/C26H27Cl2N3O2/c1-18(20-10-5-3-6-11-20)29-24(32)16-17-31(19(2)21-12-7-4-8-13-21)26(33)30-23-15-9-14-22(27)25(23)28/h3-15,18-19H,16-17H2,1-2H3,(H,29,32)(H,30,33). The summed E-state index contributed by atoms with van der Waals surface area (Å²) < 4.78 is 0. The molecule has 0 radical (unpaired) electrons. The molecule has 0 fully saturated rings. The third kappa shape index (κ3) is 6.73. The molecule has 0 aromatic heterocycles. The zero-order chi connectivity index (χ0) is 23.8. The van der Waals surface area contributed by atoms with Gasteiger partial charge in [-0.3, -0.25) is 4.79 Å². The van der Waals surface area contributed by atoms with Gasteiger partial charge in [0.25, 0.3) is 0 Å². The molecular weight excluding hydrogens is 457 g/mol. The topological polar surface area (TPSA) is 61.4 Å². The Hall–Kier alpha value is -3.02. The van der Waals surface area contributed by atoms with E-state index < -0.39 is 0 Å². The summed E-state index contributed by atoms with van der Waals surface area (Å²) in [6, 6.07) is 23.7. The molecule has 0 heterocycles. The molecule has 5 nitrogen and oxygen atoms in total. The van der Waals surface area contributed by atoms with Gasteiger partial charge in [0, 0.05) is 13.0 Å². The Kier molecular flexibility index (Phi) is 8.75. The van der Waals surface area contributed by atoms with Crippen molar-refractivity contribution in [3.05, 3.63) is 100 Å². The molecule has 2 unspecified atom stereocenters. The van der Waals surface area contributed by atoms with Crippen LogP contribution in [0.1, 0.15) is 43.5 Å². The van der Waals surface area contributed by atoms with Crippen LogP contribution in [0.25, 0.3) is 0 Å². The van der Waals surface area contributed by atoms with Crippen molar-refractivity contribution in [3.63, 3.8) is 0 Å². The van der Waals surface area contributed by atoms with Gasteiger partial charge >= 0.3 is 6.03 Å². The molecule has 0 spiro atoms. The highest BCUT2D eigenvalue weighted by Gasteiger charge is 2.23. The largest absolute Gasteiger partial charge is 0.350 e. The van der Waals surface area contributed by atoms with E-state index >= 15 is 0 Å². The number of amides is 3. The Balaban J connectivity index is 1.72. The zero-order valence-corrected chi connectivity index (χ0v) is 20.1. The number of hydrogen-bond donors (Lipinski definition) is 2. The van der Waals surface area contributed by atoms with E-state index in [0.717, 1.165) is 11.1 Å². The van der Waals surface area contributed by atoms with Gasteiger partial charge in [-0.05, 0) is 37.1 Å². The normalized spacial score (nSPS) is 12.5. The van der Waals surface area contributed by atoms with E-state index in [2.05, 4.69) is 10.6 Å². The van der Waals surface area contributed by atoms with Crippen molar-refractivity contribution in [3.8, 4) is 0 Å². The number of anilines is 1. The molecule has 2 atom stereocenters. The fourth-order valence-corrected chi connectivity index (χ4v) is 3.88. The van der Waals surface area contributed by atoms with Crippen molar-refractivity contribution >= 4 is 40.8 Å². The Morgan fingerprint density at radius 1 is 0.848 bits per heavy atom. The molecule has 0 bridgehead atoms. The zero-order valence-electron chi connectivity index (χ0n) is 18.6. The minimum absolute atomic E-state index is 0.127. The molecule has 0 aliphatic heterocycles. The van der Waals surface area contributed by atoms with Crippen LogP contribution in [0.3, 0.4) is 0 Å². The Morgan fingerprint density at radius 3 is 2.09 bits per heavy atom. The van der Waals surface area contributed by atoms with Crippen molar-refractivity contribution < 1.29 is 9.59 Å². The predicted octanol–water partition coefficient (Wildman–Crippen LogP) is 6.86. The molecule has 3 aromatic rings. The van der Waals surface area contributed by atoms with Crippen LogP contribution in [0.15, 0.2) is 78.9 Å². The SMILES string of the molecule is CC(NC(=O)CCN(C(=O)Nc1cccc(Cl)c1Cl)C(C)c1ccccc1)c1ccccc1. The second kappa shape index (κ2) is 11.7. The summed E-state index contributed by atoms with van der Waals surface area (Å²) in [5, 5.41) is 6.46. The lowest BCUT2D eigenvalue weighted by Crippen LogP contribution is -2.40. The fraction of sp³-hybridized carbons (Fsp3) is 0.231. The average Bonchev–Trinajstić information content (AvgIpc) is 2.83. The number of nitrogens with zero attached hydrogens (tertiary/aromatic N) is 1. The molecule has 7 heteroatoms. The second-order valence-electron chi connectivity index (χ2n) is 7.76. The first kappa shape index (κ1) is 24.6. The van der Waals surface area contributed by atoms with Crippen LogP contribution in [0.4, 0.5) is 10.5 Å². The molecule has 172 valence electrons. The van der Waals surface area contributed by atoms with Crippen LogP contribution in [-0.2, 0) is 4.79 Å². The third-order valence-corrected chi connectivity index (χ3v) is 6.28. The molecule has 0 aliphatic carbocycles. The first-order valence-corrected chi connectivity index (χ1v) is 11.5. The highest BCUT2D eigenvalue weighted by Crippen LogP contribution is 2.30. The Morgan fingerprint density at radius 2 is 1.45 bits per heavy atom. The molecule has 3 aromatic carbocycles. The molecule has 3 rings (SSSR count). The number of nitrogens with one attached hydrogen (secondary N) is 2. The van der Waals surface area contributed by atoms with Gasteiger partial charge in [-0.25, -0.2) is 4.79 Å². The van der Waals surface area contributed by atoms with Gasteiger partial charge in [-0.1, -0.05) is 89.9 Å². The highest BCUT2D eigenvalue weighted by atomic mass is 35.5. The van der Waals surface area contributed by atoms with Crippen LogP contribution in [-0.4, -0.2) is 23.4 Å². The number of carbonyl (C=O) groups is 2. The van der Waals surface area contributed by atoms with Gasteiger partial charge in [0.1, 0.15) is 0 Å². The summed E-state index contributed by atoms with van der Waals surface area (Å²) >= 11 is 12.3. The number of benzene rings is 3. The smallest absolute Gasteiger partial charge is 0.322 e. The predicted molar refractivity (Wildman–Crippen MR) is 135 cm³/mol. The van der Waals surface area contributed by atoms with E-state index in [1.807, 2.05) is 74.5 Å². The average molecular weight is 484 g/mol. The number of urea groups is 1. The van der Waals surface area contributed by atoms with Crippen LogP contribution in [0.2, 0.25) is 10.0 Å². The van der Waals surface area contributed by atoms with Crippen molar-refractivity contribution in [2.45, 2.75) is 32.4 Å². The van der Waals surface area contributed by atoms with Gasteiger partial charge in [0.2, 0.25) is 5.91 Å². The lowest BCUT2D eigenvalue weighted by Gasteiger charge is -2.30. The van der Waals surface area contributed by atoms with E-state index in [-0.39, 0.29) is 42.0 Å². The summed E-state index contributed by atoms with van der Waals surface area (Å²) in [5.41, 5.74) is 2.40. The Labute approximate surface area is 204 Å². The van der Waals surface area contributed by atoms with E-state index in [1.54, 1.807) is 23.1 Å². The van der Waals surface area contributed by atoms with Gasteiger partial charge in [0.15, 0.2) is 0 Å². The van der Waals surface area contributed by atoms with E-state index in [0.29, 0.717) is 10.7 Å². The summed E-state index contributed by atoms with van der Waals surface area (Å²) in [7, 11) is 0. The van der Waals surface area contributed by atoms with Crippen molar-refractivity contribution in [1.29, 1.82) is 0 Å². The first-order valence-electron chi connectivity index (χ1n) is 10.8. The maximum Gasteiger partial charge on any atom is 0.322 e.